The van der Waals surface area contributed by atoms with E-state index in [0.29, 0.717) is 25.9 Å². The number of aromatic nitrogens is 2. The van der Waals surface area contributed by atoms with Crippen LogP contribution in [-0.2, 0) is 9.59 Å². The van der Waals surface area contributed by atoms with Crippen molar-refractivity contribution < 1.29 is 9.59 Å². The van der Waals surface area contributed by atoms with Crippen LogP contribution in [0.1, 0.15) is 58.2 Å². The average Bonchev–Trinajstić information content (AvgIpc) is 3.08. The third kappa shape index (κ3) is 4.87. The first-order valence-corrected chi connectivity index (χ1v) is 9.85. The summed E-state index contributed by atoms with van der Waals surface area (Å²) in [7, 11) is 0. The van der Waals surface area contributed by atoms with E-state index < -0.39 is 5.41 Å². The van der Waals surface area contributed by atoms with Crippen molar-refractivity contribution in [2.75, 3.05) is 19.6 Å². The van der Waals surface area contributed by atoms with Crippen LogP contribution in [0.4, 0.5) is 0 Å². The average molecular weight is 370 g/mol. The molecule has 0 spiro atoms. The maximum absolute atomic E-state index is 12.6. The number of nitrogens with zero attached hydrogens (tertiary/aromatic N) is 2. The fraction of sp³-hybridized carbons (Fsp3) is 0.571. The summed E-state index contributed by atoms with van der Waals surface area (Å²) in [4.78, 5) is 34.5. The molecule has 2 amide bonds. The molecule has 3 rings (SSSR count). The third-order valence-corrected chi connectivity index (χ3v) is 5.10. The highest BCUT2D eigenvalue weighted by Crippen LogP contribution is 2.27. The molecule has 6 nitrogen and oxygen atoms in total. The maximum atomic E-state index is 12.6. The first-order chi connectivity index (χ1) is 12.8. The van der Waals surface area contributed by atoms with Gasteiger partial charge in [0.2, 0.25) is 11.8 Å². The molecule has 0 radical (unpaired) electrons. The van der Waals surface area contributed by atoms with Crippen molar-refractivity contribution in [1.82, 2.24) is 20.2 Å². The van der Waals surface area contributed by atoms with E-state index in [9.17, 15) is 9.59 Å². The molecular formula is C21H30N4O2. The topological polar surface area (TPSA) is 78.1 Å². The molecule has 1 saturated heterocycles. The molecule has 1 aromatic carbocycles. The minimum atomic E-state index is -0.392. The molecule has 0 bridgehead atoms. The molecule has 2 heterocycles. The van der Waals surface area contributed by atoms with E-state index >= 15 is 0 Å². The minimum Gasteiger partial charge on any atom is -0.356 e. The van der Waals surface area contributed by atoms with Crippen molar-refractivity contribution in [3.05, 3.63) is 30.1 Å². The standard InChI is InChI=1S/C21H30N4O2/c1-21(2,3)20(27)22-12-6-11-18(26)25-13-7-8-15(14-25)19-23-16-9-4-5-10-17(16)24-19/h4-5,9-10,15H,6-8,11-14H2,1-3H3,(H,22,27)(H,23,24). The molecule has 1 atom stereocenters. The lowest BCUT2D eigenvalue weighted by Gasteiger charge is -2.32. The SMILES string of the molecule is CC(C)(C)C(=O)NCCCC(=O)N1CCCC(c2nc3ccccc3[nH]2)C1. The van der Waals surface area contributed by atoms with Gasteiger partial charge in [0.05, 0.1) is 11.0 Å². The number of piperidine rings is 1. The summed E-state index contributed by atoms with van der Waals surface area (Å²) in [5.41, 5.74) is 1.63. The van der Waals surface area contributed by atoms with Crippen LogP contribution in [0.25, 0.3) is 11.0 Å². The number of nitrogens with one attached hydrogen (secondary N) is 2. The van der Waals surface area contributed by atoms with Gasteiger partial charge in [-0.1, -0.05) is 32.9 Å². The first-order valence-electron chi connectivity index (χ1n) is 9.85. The summed E-state index contributed by atoms with van der Waals surface area (Å²) in [6.45, 7) is 7.73. The second kappa shape index (κ2) is 8.11. The van der Waals surface area contributed by atoms with Gasteiger partial charge in [-0.3, -0.25) is 9.59 Å². The second-order valence-electron chi connectivity index (χ2n) is 8.43. The van der Waals surface area contributed by atoms with E-state index in [1.54, 1.807) is 0 Å². The van der Waals surface area contributed by atoms with Crippen LogP contribution in [0.2, 0.25) is 0 Å². The highest BCUT2D eigenvalue weighted by molar-refractivity contribution is 5.81. The summed E-state index contributed by atoms with van der Waals surface area (Å²) in [6, 6.07) is 8.03. The molecule has 1 unspecified atom stereocenters. The lowest BCUT2D eigenvalue weighted by molar-refractivity contribution is -0.133. The van der Waals surface area contributed by atoms with E-state index in [1.165, 1.54) is 0 Å². The lowest BCUT2D eigenvalue weighted by Crippen LogP contribution is -2.40. The highest BCUT2D eigenvalue weighted by atomic mass is 16.2. The Kier molecular flexibility index (Phi) is 5.82. The second-order valence-corrected chi connectivity index (χ2v) is 8.43. The number of amides is 2. The van der Waals surface area contributed by atoms with Gasteiger partial charge in [-0.25, -0.2) is 4.98 Å². The Morgan fingerprint density at radius 1 is 1.30 bits per heavy atom. The van der Waals surface area contributed by atoms with Gasteiger partial charge in [0.25, 0.3) is 0 Å². The van der Waals surface area contributed by atoms with Crippen molar-refractivity contribution >= 4 is 22.8 Å². The lowest BCUT2D eigenvalue weighted by atomic mass is 9.95. The number of likely N-dealkylation sites (tertiary alicyclic amines) is 1. The van der Waals surface area contributed by atoms with Gasteiger partial charge in [0.15, 0.2) is 0 Å². The highest BCUT2D eigenvalue weighted by Gasteiger charge is 2.26. The van der Waals surface area contributed by atoms with Gasteiger partial charge in [0.1, 0.15) is 5.82 Å². The van der Waals surface area contributed by atoms with Gasteiger partial charge in [0, 0.05) is 37.4 Å². The van der Waals surface area contributed by atoms with Gasteiger partial charge in [-0.05, 0) is 31.4 Å². The van der Waals surface area contributed by atoms with E-state index in [-0.39, 0.29) is 17.7 Å². The fourth-order valence-electron chi connectivity index (χ4n) is 3.46. The molecule has 1 aromatic heterocycles. The van der Waals surface area contributed by atoms with Gasteiger partial charge >= 0.3 is 0 Å². The number of carbonyl (C=O) groups excluding carboxylic acids is 2. The van der Waals surface area contributed by atoms with Crippen molar-refractivity contribution in [3.63, 3.8) is 0 Å². The zero-order valence-corrected chi connectivity index (χ0v) is 16.5. The predicted molar refractivity (Wildman–Crippen MR) is 106 cm³/mol. The zero-order chi connectivity index (χ0) is 19.4. The van der Waals surface area contributed by atoms with Crippen molar-refractivity contribution in [1.29, 1.82) is 0 Å². The zero-order valence-electron chi connectivity index (χ0n) is 16.5. The maximum Gasteiger partial charge on any atom is 0.225 e. The molecule has 1 aliphatic rings. The Balaban J connectivity index is 1.50. The molecule has 2 N–H and O–H groups in total. The minimum absolute atomic E-state index is 0.0258. The van der Waals surface area contributed by atoms with E-state index in [2.05, 4.69) is 10.3 Å². The Labute approximate surface area is 160 Å². The summed E-state index contributed by atoms with van der Waals surface area (Å²) >= 11 is 0. The van der Waals surface area contributed by atoms with Crippen molar-refractivity contribution in [2.24, 2.45) is 5.41 Å². The molecule has 0 saturated carbocycles. The van der Waals surface area contributed by atoms with Crippen molar-refractivity contribution in [2.45, 2.75) is 52.4 Å². The number of fused-ring (bicyclic) bond motifs is 1. The number of rotatable bonds is 5. The Bertz CT molecular complexity index is 773. The number of imidazole rings is 1. The van der Waals surface area contributed by atoms with Crippen molar-refractivity contribution in [3.8, 4) is 0 Å². The summed E-state index contributed by atoms with van der Waals surface area (Å²) in [6.07, 6.45) is 3.18. The Morgan fingerprint density at radius 3 is 2.81 bits per heavy atom. The number of benzene rings is 1. The molecule has 27 heavy (non-hydrogen) atoms. The van der Waals surface area contributed by atoms with Crippen LogP contribution >= 0.6 is 0 Å². The van der Waals surface area contributed by atoms with Crippen LogP contribution in [0.5, 0.6) is 0 Å². The fourth-order valence-corrected chi connectivity index (χ4v) is 3.46. The molecule has 146 valence electrons. The third-order valence-electron chi connectivity index (χ3n) is 5.10. The number of H-pyrrole nitrogens is 1. The Hall–Kier alpha value is -2.37. The van der Waals surface area contributed by atoms with Crippen LogP contribution in [0.15, 0.2) is 24.3 Å². The predicted octanol–water partition coefficient (Wildman–Crippen LogP) is 3.21. The van der Waals surface area contributed by atoms with Crippen LogP contribution in [-0.4, -0.2) is 46.3 Å². The van der Waals surface area contributed by atoms with Gasteiger partial charge in [-0.15, -0.1) is 0 Å². The normalized spacial score (nSPS) is 17.9. The number of aromatic amines is 1. The molecule has 0 aliphatic carbocycles. The largest absolute Gasteiger partial charge is 0.356 e. The van der Waals surface area contributed by atoms with E-state index in [0.717, 1.165) is 36.2 Å². The molecule has 1 fully saturated rings. The molecular weight excluding hydrogens is 340 g/mol. The number of carbonyl (C=O) groups is 2. The molecule has 6 heteroatoms. The van der Waals surface area contributed by atoms with Crippen LogP contribution in [0, 0.1) is 5.41 Å². The molecule has 2 aromatic rings. The van der Waals surface area contributed by atoms with Gasteiger partial charge < -0.3 is 15.2 Å². The smallest absolute Gasteiger partial charge is 0.225 e. The monoisotopic (exact) mass is 370 g/mol. The number of para-hydroxylation sites is 2. The van der Waals surface area contributed by atoms with E-state index in [4.69, 9.17) is 4.98 Å². The molecule has 1 aliphatic heterocycles. The summed E-state index contributed by atoms with van der Waals surface area (Å²) in [5.74, 6) is 1.43. The first kappa shape index (κ1) is 19.4. The summed E-state index contributed by atoms with van der Waals surface area (Å²) < 4.78 is 0. The van der Waals surface area contributed by atoms with E-state index in [1.807, 2.05) is 49.9 Å². The summed E-state index contributed by atoms with van der Waals surface area (Å²) in [5, 5.41) is 2.91. The Morgan fingerprint density at radius 2 is 2.07 bits per heavy atom. The number of hydrogen-bond acceptors (Lipinski definition) is 3. The quantitative estimate of drug-likeness (QED) is 0.793. The van der Waals surface area contributed by atoms with Gasteiger partial charge in [-0.2, -0.15) is 0 Å². The number of hydrogen-bond donors (Lipinski definition) is 2. The van der Waals surface area contributed by atoms with Crippen LogP contribution in [0.3, 0.4) is 0 Å². The van der Waals surface area contributed by atoms with Crippen LogP contribution < -0.4 is 5.32 Å².